The zero-order chi connectivity index (χ0) is 24.6. The number of methoxy groups -OCH3 is 1. The van der Waals surface area contributed by atoms with Crippen molar-refractivity contribution >= 4 is 36.3 Å². The van der Waals surface area contributed by atoms with Crippen LogP contribution in [0.5, 0.6) is 5.75 Å². The van der Waals surface area contributed by atoms with E-state index < -0.39 is 28.7 Å². The van der Waals surface area contributed by atoms with E-state index in [4.69, 9.17) is 10.5 Å². The molecule has 6 nitrogen and oxygen atoms in total. The smallest absolute Gasteiger partial charge is 0.327 e. The highest BCUT2D eigenvalue weighted by atomic mass is 32.2. The topological polar surface area (TPSA) is 102 Å². The lowest BCUT2D eigenvalue weighted by Gasteiger charge is -2.36. The van der Waals surface area contributed by atoms with Crippen LogP contribution in [0.4, 0.5) is 0 Å². The SMILES string of the molecule is COc1ccc(C(SC[C@H](N)C(=O)N[C@@H](CS)C(=O)O)(c2ccccc2)c2ccccc2)cc1. The molecule has 0 aliphatic carbocycles. The zero-order valence-electron chi connectivity index (χ0n) is 18.8. The number of hydrogen-bond acceptors (Lipinski definition) is 6. The molecule has 0 bridgehead atoms. The molecule has 3 aromatic carbocycles. The molecule has 8 heteroatoms. The van der Waals surface area contributed by atoms with Crippen LogP contribution >= 0.6 is 24.4 Å². The molecule has 0 saturated heterocycles. The van der Waals surface area contributed by atoms with Gasteiger partial charge in [-0.25, -0.2) is 4.79 Å². The second-order valence-corrected chi connectivity index (χ2v) is 9.24. The minimum atomic E-state index is -1.15. The maximum absolute atomic E-state index is 12.7. The van der Waals surface area contributed by atoms with Gasteiger partial charge in [0.05, 0.1) is 17.9 Å². The molecule has 3 aromatic rings. The highest BCUT2D eigenvalue weighted by Crippen LogP contribution is 2.48. The minimum Gasteiger partial charge on any atom is -0.497 e. The number of ether oxygens (including phenoxy) is 1. The second-order valence-electron chi connectivity index (χ2n) is 7.64. The van der Waals surface area contributed by atoms with Crippen molar-refractivity contribution in [3.05, 3.63) is 102 Å². The number of rotatable bonds is 11. The summed E-state index contributed by atoms with van der Waals surface area (Å²) in [7, 11) is 1.62. The Labute approximate surface area is 209 Å². The Balaban J connectivity index is 2.02. The highest BCUT2D eigenvalue weighted by molar-refractivity contribution is 8.00. The Morgan fingerprint density at radius 3 is 1.91 bits per heavy atom. The Kier molecular flexibility index (Phi) is 9.04. The van der Waals surface area contributed by atoms with Crippen LogP contribution in [-0.2, 0) is 14.3 Å². The van der Waals surface area contributed by atoms with Gasteiger partial charge in [-0.05, 0) is 28.8 Å². The molecular weight excluding hydrogens is 468 g/mol. The number of nitrogens with two attached hydrogens (primary N) is 1. The second kappa shape index (κ2) is 12.0. The first-order valence-electron chi connectivity index (χ1n) is 10.7. The molecule has 0 heterocycles. The molecule has 0 saturated carbocycles. The monoisotopic (exact) mass is 496 g/mol. The molecule has 0 aliphatic heterocycles. The average molecular weight is 497 g/mol. The van der Waals surface area contributed by atoms with E-state index in [1.807, 2.05) is 60.7 Å². The standard InChI is InChI=1S/C26H28N2O4S2/c1-32-21-14-12-20(13-15-21)26(18-8-4-2-5-9-18,19-10-6-3-7-11-19)34-17-22(27)24(29)28-23(16-33)25(30)31/h2-15,22-23,33H,16-17,27H2,1H3,(H,28,29)(H,30,31)/t22-,23-/m0/s1. The van der Waals surface area contributed by atoms with Gasteiger partial charge in [0.25, 0.3) is 0 Å². The van der Waals surface area contributed by atoms with E-state index in [-0.39, 0.29) is 11.5 Å². The van der Waals surface area contributed by atoms with Crippen LogP contribution in [0.15, 0.2) is 84.9 Å². The zero-order valence-corrected chi connectivity index (χ0v) is 20.5. The third-order valence-corrected chi connectivity index (χ3v) is 7.50. The number of nitrogens with one attached hydrogen (secondary N) is 1. The Bertz CT molecular complexity index is 1040. The molecule has 0 aliphatic rings. The molecule has 4 N–H and O–H groups in total. The van der Waals surface area contributed by atoms with E-state index in [1.165, 1.54) is 11.8 Å². The lowest BCUT2D eigenvalue weighted by molar-refractivity contribution is -0.141. The molecule has 34 heavy (non-hydrogen) atoms. The number of thiol groups is 1. The Morgan fingerprint density at radius 1 is 0.971 bits per heavy atom. The predicted molar refractivity (Wildman–Crippen MR) is 140 cm³/mol. The molecule has 1 amide bonds. The van der Waals surface area contributed by atoms with E-state index in [0.29, 0.717) is 0 Å². The van der Waals surface area contributed by atoms with Gasteiger partial charge in [0, 0.05) is 11.5 Å². The van der Waals surface area contributed by atoms with Crippen LogP contribution in [0.25, 0.3) is 0 Å². The number of carbonyl (C=O) groups is 2. The summed E-state index contributed by atoms with van der Waals surface area (Å²) in [6.07, 6.45) is 0. The van der Waals surface area contributed by atoms with Crippen molar-refractivity contribution in [2.75, 3.05) is 18.6 Å². The normalized spacial score (nSPS) is 13.0. The highest BCUT2D eigenvalue weighted by Gasteiger charge is 2.38. The number of carboxylic acids is 1. The molecular formula is C26H28N2O4S2. The van der Waals surface area contributed by atoms with Crippen molar-refractivity contribution in [2.24, 2.45) is 5.73 Å². The summed E-state index contributed by atoms with van der Waals surface area (Å²) in [6, 6.07) is 25.9. The molecule has 178 valence electrons. The Morgan fingerprint density at radius 2 is 1.47 bits per heavy atom. The van der Waals surface area contributed by atoms with Crippen LogP contribution in [0.3, 0.4) is 0 Å². The summed E-state index contributed by atoms with van der Waals surface area (Å²) >= 11 is 5.53. The molecule has 2 atom stereocenters. The van der Waals surface area contributed by atoms with Crippen molar-refractivity contribution in [2.45, 2.75) is 16.8 Å². The summed E-state index contributed by atoms with van der Waals surface area (Å²) in [5.74, 6) is -0.708. The van der Waals surface area contributed by atoms with Gasteiger partial charge < -0.3 is 20.9 Å². The molecule has 0 spiro atoms. The average Bonchev–Trinajstić information content (AvgIpc) is 2.88. The van der Waals surface area contributed by atoms with Crippen LogP contribution in [-0.4, -0.2) is 47.7 Å². The molecule has 0 fully saturated rings. The number of carbonyl (C=O) groups excluding carboxylic acids is 1. The van der Waals surface area contributed by atoms with Crippen LogP contribution in [0, 0.1) is 0 Å². The maximum Gasteiger partial charge on any atom is 0.327 e. The van der Waals surface area contributed by atoms with Gasteiger partial charge in [-0.2, -0.15) is 12.6 Å². The van der Waals surface area contributed by atoms with Crippen LogP contribution < -0.4 is 15.8 Å². The van der Waals surface area contributed by atoms with Gasteiger partial charge in [-0.3, -0.25) is 4.79 Å². The van der Waals surface area contributed by atoms with Gasteiger partial charge >= 0.3 is 5.97 Å². The fourth-order valence-corrected chi connectivity index (χ4v) is 5.41. The summed E-state index contributed by atoms with van der Waals surface area (Å²) in [6.45, 7) is 0. The number of aliphatic carboxylic acids is 1. The fraction of sp³-hybridized carbons (Fsp3) is 0.231. The summed E-state index contributed by atoms with van der Waals surface area (Å²) < 4.78 is 4.69. The van der Waals surface area contributed by atoms with Gasteiger partial charge in [-0.1, -0.05) is 72.8 Å². The van der Waals surface area contributed by atoms with E-state index >= 15 is 0 Å². The first kappa shape index (κ1) is 25.7. The first-order chi connectivity index (χ1) is 16.4. The molecule has 0 unspecified atom stereocenters. The van der Waals surface area contributed by atoms with Gasteiger partial charge in [0.15, 0.2) is 0 Å². The summed E-state index contributed by atoms with van der Waals surface area (Å²) in [5, 5.41) is 11.7. The quantitative estimate of drug-likeness (QED) is 0.239. The van der Waals surface area contributed by atoms with Crippen LogP contribution in [0.2, 0.25) is 0 Å². The predicted octanol–water partition coefficient (Wildman–Crippen LogP) is 3.55. The summed E-state index contributed by atoms with van der Waals surface area (Å²) in [5.41, 5.74) is 9.30. The van der Waals surface area contributed by atoms with E-state index in [0.717, 1.165) is 22.4 Å². The largest absolute Gasteiger partial charge is 0.497 e. The van der Waals surface area contributed by atoms with E-state index in [9.17, 15) is 14.7 Å². The van der Waals surface area contributed by atoms with Gasteiger partial charge in [0.2, 0.25) is 5.91 Å². The van der Waals surface area contributed by atoms with Crippen molar-refractivity contribution in [1.82, 2.24) is 5.32 Å². The van der Waals surface area contributed by atoms with Crippen molar-refractivity contribution in [3.8, 4) is 5.75 Å². The third kappa shape index (κ3) is 5.75. The fourth-order valence-electron chi connectivity index (χ4n) is 3.68. The number of thioether (sulfide) groups is 1. The Hall–Kier alpha value is -2.94. The number of hydrogen-bond donors (Lipinski definition) is 4. The minimum absolute atomic E-state index is 0.0231. The van der Waals surface area contributed by atoms with Crippen molar-refractivity contribution < 1.29 is 19.4 Å². The number of carboxylic acid groups (broad SMARTS) is 1. The lowest BCUT2D eigenvalue weighted by Crippen LogP contribution is -2.50. The number of amides is 1. The molecule has 0 radical (unpaired) electrons. The van der Waals surface area contributed by atoms with Crippen molar-refractivity contribution in [3.63, 3.8) is 0 Å². The lowest BCUT2D eigenvalue weighted by atomic mass is 9.84. The molecule has 0 aromatic heterocycles. The van der Waals surface area contributed by atoms with Gasteiger partial charge in [-0.15, -0.1) is 11.8 Å². The van der Waals surface area contributed by atoms with Gasteiger partial charge in [0.1, 0.15) is 11.8 Å². The van der Waals surface area contributed by atoms with E-state index in [2.05, 4.69) is 42.2 Å². The van der Waals surface area contributed by atoms with Crippen LogP contribution in [0.1, 0.15) is 16.7 Å². The maximum atomic E-state index is 12.7. The first-order valence-corrected chi connectivity index (χ1v) is 12.3. The van der Waals surface area contributed by atoms with Crippen molar-refractivity contribution in [1.29, 1.82) is 0 Å². The molecule has 3 rings (SSSR count). The van der Waals surface area contributed by atoms with E-state index in [1.54, 1.807) is 7.11 Å². The number of benzene rings is 3. The summed E-state index contributed by atoms with van der Waals surface area (Å²) in [4.78, 5) is 24.0. The third-order valence-electron chi connectivity index (χ3n) is 5.47.